The van der Waals surface area contributed by atoms with Gasteiger partial charge in [0.1, 0.15) is 13.2 Å². The molecule has 1 saturated carbocycles. The first-order valence-electron chi connectivity index (χ1n) is 9.09. The van der Waals surface area contributed by atoms with E-state index in [2.05, 4.69) is 12.2 Å². The first kappa shape index (κ1) is 18.9. The maximum Gasteiger partial charge on any atom is 0.316 e. The molecule has 2 atom stereocenters. The largest absolute Gasteiger partial charge is 0.486 e. The van der Waals surface area contributed by atoms with E-state index < -0.39 is 5.97 Å². The molecule has 1 amide bonds. The van der Waals surface area contributed by atoms with E-state index in [0.717, 1.165) is 29.9 Å². The Hall–Kier alpha value is -1.89. The van der Waals surface area contributed by atoms with Crippen molar-refractivity contribution in [2.75, 3.05) is 25.6 Å². The van der Waals surface area contributed by atoms with E-state index in [1.54, 1.807) is 0 Å². The van der Waals surface area contributed by atoms with Gasteiger partial charge in [-0.25, -0.2) is 0 Å². The van der Waals surface area contributed by atoms with Crippen LogP contribution in [0.15, 0.2) is 23.1 Å². The van der Waals surface area contributed by atoms with Gasteiger partial charge in [0.15, 0.2) is 18.1 Å². The molecule has 0 saturated heterocycles. The molecule has 0 bridgehead atoms. The second-order valence-corrected chi connectivity index (χ2v) is 7.74. The summed E-state index contributed by atoms with van der Waals surface area (Å²) in [4.78, 5) is 24.8. The zero-order valence-electron chi connectivity index (χ0n) is 15.0. The lowest BCUT2D eigenvalue weighted by atomic mass is 9.86. The highest BCUT2D eigenvalue weighted by Gasteiger charge is 2.23. The highest BCUT2D eigenvalue weighted by Crippen LogP contribution is 2.34. The average Bonchev–Trinajstić information content (AvgIpc) is 2.66. The number of hydrogen-bond acceptors (Lipinski definition) is 6. The van der Waals surface area contributed by atoms with Crippen molar-refractivity contribution in [2.24, 2.45) is 5.92 Å². The van der Waals surface area contributed by atoms with Crippen molar-refractivity contribution in [1.29, 1.82) is 0 Å². The summed E-state index contributed by atoms with van der Waals surface area (Å²) in [6.45, 7) is 3.01. The minimum Gasteiger partial charge on any atom is -0.486 e. The summed E-state index contributed by atoms with van der Waals surface area (Å²) < 4.78 is 16.1. The molecule has 1 aliphatic carbocycles. The van der Waals surface area contributed by atoms with Gasteiger partial charge in [0.25, 0.3) is 5.91 Å². The number of nitrogens with one attached hydrogen (secondary N) is 1. The topological polar surface area (TPSA) is 73.9 Å². The van der Waals surface area contributed by atoms with Crippen LogP contribution in [0.3, 0.4) is 0 Å². The third-order valence-electron chi connectivity index (χ3n) is 4.69. The van der Waals surface area contributed by atoms with E-state index >= 15 is 0 Å². The molecular weight excluding hydrogens is 354 g/mol. The molecule has 2 aliphatic rings. The Labute approximate surface area is 158 Å². The van der Waals surface area contributed by atoms with Crippen molar-refractivity contribution < 1.29 is 23.8 Å². The number of benzene rings is 1. The SMILES string of the molecule is C[C@@H]1CCCC[C@H]1NC(=O)COC(=O)CSc1ccc2c(c1)OCCO2. The van der Waals surface area contributed by atoms with Crippen LogP contribution in [0.1, 0.15) is 32.6 Å². The molecule has 142 valence electrons. The van der Waals surface area contributed by atoms with Gasteiger partial charge < -0.3 is 19.5 Å². The Kier molecular flexibility index (Phi) is 6.66. The third-order valence-corrected chi connectivity index (χ3v) is 5.66. The molecule has 6 nitrogen and oxygen atoms in total. The molecule has 1 aromatic carbocycles. The summed E-state index contributed by atoms with van der Waals surface area (Å²) in [6, 6.07) is 5.76. The van der Waals surface area contributed by atoms with Gasteiger partial charge in [-0.05, 0) is 37.0 Å². The van der Waals surface area contributed by atoms with Gasteiger partial charge in [-0.1, -0.05) is 19.8 Å². The number of carbonyl (C=O) groups is 2. The third kappa shape index (κ3) is 5.30. The van der Waals surface area contributed by atoms with Crippen LogP contribution < -0.4 is 14.8 Å². The van der Waals surface area contributed by atoms with Crippen LogP contribution in [0.5, 0.6) is 11.5 Å². The van der Waals surface area contributed by atoms with Crippen LogP contribution in [0.4, 0.5) is 0 Å². The van der Waals surface area contributed by atoms with Gasteiger partial charge in [-0.15, -0.1) is 11.8 Å². The maximum absolute atomic E-state index is 12.0. The van der Waals surface area contributed by atoms with E-state index in [0.29, 0.717) is 24.9 Å². The fourth-order valence-corrected chi connectivity index (χ4v) is 3.95. The van der Waals surface area contributed by atoms with Crippen molar-refractivity contribution in [3.63, 3.8) is 0 Å². The Morgan fingerprint density at radius 3 is 2.77 bits per heavy atom. The molecule has 1 N–H and O–H groups in total. The molecule has 0 radical (unpaired) electrons. The van der Waals surface area contributed by atoms with Crippen molar-refractivity contribution in [1.82, 2.24) is 5.32 Å². The van der Waals surface area contributed by atoms with Gasteiger partial charge >= 0.3 is 5.97 Å². The lowest BCUT2D eigenvalue weighted by Crippen LogP contribution is -2.43. The van der Waals surface area contributed by atoms with Crippen molar-refractivity contribution in [2.45, 2.75) is 43.5 Å². The zero-order chi connectivity index (χ0) is 18.4. The monoisotopic (exact) mass is 379 g/mol. The van der Waals surface area contributed by atoms with Gasteiger partial charge in [0.2, 0.25) is 0 Å². The Bertz CT molecular complexity index is 651. The summed E-state index contributed by atoms with van der Waals surface area (Å²) in [7, 11) is 0. The van der Waals surface area contributed by atoms with Crippen molar-refractivity contribution in [3.8, 4) is 11.5 Å². The Balaban J connectivity index is 1.38. The van der Waals surface area contributed by atoms with Crippen LogP contribution in [-0.2, 0) is 14.3 Å². The molecule has 0 spiro atoms. The van der Waals surface area contributed by atoms with Gasteiger partial charge in [-0.3, -0.25) is 9.59 Å². The molecule has 26 heavy (non-hydrogen) atoms. The number of rotatable bonds is 6. The lowest BCUT2D eigenvalue weighted by molar-refractivity contribution is -0.146. The molecule has 0 unspecified atom stereocenters. The number of ether oxygens (including phenoxy) is 3. The number of amides is 1. The van der Waals surface area contributed by atoms with Gasteiger partial charge in [-0.2, -0.15) is 0 Å². The van der Waals surface area contributed by atoms with Crippen molar-refractivity contribution >= 4 is 23.6 Å². The second-order valence-electron chi connectivity index (χ2n) is 6.69. The van der Waals surface area contributed by atoms with Crippen LogP contribution >= 0.6 is 11.8 Å². The van der Waals surface area contributed by atoms with Crippen LogP contribution in [0.2, 0.25) is 0 Å². The highest BCUT2D eigenvalue weighted by molar-refractivity contribution is 8.00. The molecule has 1 heterocycles. The van der Waals surface area contributed by atoms with E-state index in [4.69, 9.17) is 14.2 Å². The molecule has 3 rings (SSSR count). The minimum absolute atomic E-state index is 0.146. The lowest BCUT2D eigenvalue weighted by Gasteiger charge is -2.29. The standard InChI is InChI=1S/C19H25NO5S/c1-13-4-2-3-5-15(13)20-18(21)11-25-19(22)12-26-14-6-7-16-17(10-14)24-9-8-23-16/h6-7,10,13,15H,2-5,8-9,11-12H2,1H3,(H,20,21)/t13-,15-/m1/s1. The summed E-state index contributed by atoms with van der Waals surface area (Å²) in [5, 5.41) is 2.98. The highest BCUT2D eigenvalue weighted by atomic mass is 32.2. The molecule has 0 aromatic heterocycles. The molecule has 1 fully saturated rings. The Morgan fingerprint density at radius 1 is 1.19 bits per heavy atom. The van der Waals surface area contributed by atoms with E-state index in [1.165, 1.54) is 18.2 Å². The Morgan fingerprint density at radius 2 is 1.96 bits per heavy atom. The first-order chi connectivity index (χ1) is 12.6. The summed E-state index contributed by atoms with van der Waals surface area (Å²) in [5.41, 5.74) is 0. The number of carbonyl (C=O) groups excluding carboxylic acids is 2. The van der Waals surface area contributed by atoms with Gasteiger partial charge in [0, 0.05) is 10.9 Å². The predicted octanol–water partition coefficient (Wildman–Crippen LogP) is 2.79. The van der Waals surface area contributed by atoms with Crippen LogP contribution in [0, 0.1) is 5.92 Å². The molecule has 7 heteroatoms. The number of hydrogen-bond donors (Lipinski definition) is 1. The second kappa shape index (κ2) is 9.16. The number of thioether (sulfide) groups is 1. The predicted molar refractivity (Wildman–Crippen MR) is 98.7 cm³/mol. The van der Waals surface area contributed by atoms with Crippen molar-refractivity contribution in [3.05, 3.63) is 18.2 Å². The van der Waals surface area contributed by atoms with Crippen LogP contribution in [-0.4, -0.2) is 43.5 Å². The quantitative estimate of drug-likeness (QED) is 0.605. The zero-order valence-corrected chi connectivity index (χ0v) is 15.8. The summed E-state index contributed by atoms with van der Waals surface area (Å²) in [5.74, 6) is 1.41. The average molecular weight is 379 g/mol. The molecule has 1 aromatic rings. The first-order valence-corrected chi connectivity index (χ1v) is 10.1. The fraction of sp³-hybridized carbons (Fsp3) is 0.579. The normalized spacial score (nSPS) is 21.7. The van der Waals surface area contributed by atoms with E-state index in [-0.39, 0.29) is 24.3 Å². The number of esters is 1. The van der Waals surface area contributed by atoms with Gasteiger partial charge in [0.05, 0.1) is 5.75 Å². The molecular formula is C19H25NO5S. The smallest absolute Gasteiger partial charge is 0.316 e. The van der Waals surface area contributed by atoms with E-state index in [1.807, 2.05) is 18.2 Å². The van der Waals surface area contributed by atoms with Crippen LogP contribution in [0.25, 0.3) is 0 Å². The van der Waals surface area contributed by atoms with E-state index in [9.17, 15) is 9.59 Å². The summed E-state index contributed by atoms with van der Waals surface area (Å²) >= 11 is 1.35. The summed E-state index contributed by atoms with van der Waals surface area (Å²) in [6.07, 6.45) is 4.50. The molecule has 1 aliphatic heterocycles. The maximum atomic E-state index is 12.0. The minimum atomic E-state index is -0.406. The fourth-order valence-electron chi connectivity index (χ4n) is 3.22. The number of fused-ring (bicyclic) bond motifs is 1.